The zero-order chi connectivity index (χ0) is 12.7. The standard InChI is InChI=1S/C12H22N4O/c1-4-5-6-7-13-12(17)14-11-8-10(9(2)3)15-16-11/h8-9H,4-7H2,1-3H3,(H3,13,14,15,16,17). The van der Waals surface area contributed by atoms with Crippen LogP contribution in [0.25, 0.3) is 0 Å². The first-order valence-electron chi connectivity index (χ1n) is 6.23. The van der Waals surface area contributed by atoms with Crippen LogP contribution in [0.15, 0.2) is 6.07 Å². The van der Waals surface area contributed by atoms with Crippen LogP contribution in [0.3, 0.4) is 0 Å². The van der Waals surface area contributed by atoms with E-state index in [2.05, 4.69) is 41.6 Å². The molecule has 0 aliphatic carbocycles. The Hall–Kier alpha value is -1.52. The predicted octanol–water partition coefficient (Wildman–Crippen LogP) is 2.84. The molecule has 0 spiro atoms. The van der Waals surface area contributed by atoms with Crippen molar-refractivity contribution >= 4 is 11.8 Å². The minimum Gasteiger partial charge on any atom is -0.338 e. The molecule has 0 bridgehead atoms. The second kappa shape index (κ2) is 6.93. The number of anilines is 1. The molecule has 1 aromatic rings. The largest absolute Gasteiger partial charge is 0.338 e. The van der Waals surface area contributed by atoms with Crippen molar-refractivity contribution in [2.75, 3.05) is 11.9 Å². The maximum absolute atomic E-state index is 11.5. The summed E-state index contributed by atoms with van der Waals surface area (Å²) in [6.45, 7) is 6.99. The number of hydrogen-bond donors (Lipinski definition) is 3. The van der Waals surface area contributed by atoms with Gasteiger partial charge in [0.05, 0.1) is 0 Å². The molecule has 0 aliphatic heterocycles. The summed E-state index contributed by atoms with van der Waals surface area (Å²) in [7, 11) is 0. The molecule has 0 radical (unpaired) electrons. The van der Waals surface area contributed by atoms with Gasteiger partial charge in [-0.1, -0.05) is 33.6 Å². The zero-order valence-corrected chi connectivity index (χ0v) is 10.8. The monoisotopic (exact) mass is 238 g/mol. The Bertz CT molecular complexity index is 346. The molecule has 3 N–H and O–H groups in total. The van der Waals surface area contributed by atoms with Crippen molar-refractivity contribution in [2.45, 2.75) is 46.0 Å². The van der Waals surface area contributed by atoms with Gasteiger partial charge in [0.2, 0.25) is 0 Å². The first-order chi connectivity index (χ1) is 8.13. The second-order valence-electron chi connectivity index (χ2n) is 4.45. The maximum Gasteiger partial charge on any atom is 0.320 e. The first kappa shape index (κ1) is 13.5. The van der Waals surface area contributed by atoms with Gasteiger partial charge in [0.25, 0.3) is 0 Å². The average Bonchev–Trinajstić information content (AvgIpc) is 2.73. The number of aromatic amines is 1. The molecule has 1 rings (SSSR count). The summed E-state index contributed by atoms with van der Waals surface area (Å²) in [5.74, 6) is 0.951. The van der Waals surface area contributed by atoms with Gasteiger partial charge >= 0.3 is 6.03 Å². The number of nitrogens with zero attached hydrogens (tertiary/aromatic N) is 1. The van der Waals surface area contributed by atoms with Crippen LogP contribution < -0.4 is 10.6 Å². The van der Waals surface area contributed by atoms with Crippen molar-refractivity contribution in [1.29, 1.82) is 0 Å². The Morgan fingerprint density at radius 3 is 2.82 bits per heavy atom. The lowest BCUT2D eigenvalue weighted by atomic mass is 10.1. The van der Waals surface area contributed by atoms with Crippen LogP contribution in [-0.4, -0.2) is 22.8 Å². The molecule has 96 valence electrons. The van der Waals surface area contributed by atoms with Gasteiger partial charge in [0.15, 0.2) is 5.82 Å². The number of aromatic nitrogens is 2. The van der Waals surface area contributed by atoms with Crippen LogP contribution in [0.1, 0.15) is 51.6 Å². The Morgan fingerprint density at radius 1 is 1.47 bits per heavy atom. The number of carbonyl (C=O) groups is 1. The van der Waals surface area contributed by atoms with Crippen molar-refractivity contribution in [2.24, 2.45) is 0 Å². The van der Waals surface area contributed by atoms with Crippen molar-refractivity contribution in [3.05, 3.63) is 11.8 Å². The lowest BCUT2D eigenvalue weighted by molar-refractivity contribution is 0.252. The molecule has 0 aromatic carbocycles. The van der Waals surface area contributed by atoms with E-state index < -0.39 is 0 Å². The van der Waals surface area contributed by atoms with Crippen LogP contribution in [0.4, 0.5) is 10.6 Å². The van der Waals surface area contributed by atoms with E-state index in [9.17, 15) is 4.79 Å². The fourth-order valence-corrected chi connectivity index (χ4v) is 1.43. The summed E-state index contributed by atoms with van der Waals surface area (Å²) in [5, 5.41) is 12.4. The van der Waals surface area contributed by atoms with E-state index in [0.717, 1.165) is 25.0 Å². The summed E-state index contributed by atoms with van der Waals surface area (Å²) in [5.41, 5.74) is 1.02. The third-order valence-electron chi connectivity index (χ3n) is 2.53. The summed E-state index contributed by atoms with van der Waals surface area (Å²) < 4.78 is 0. The van der Waals surface area contributed by atoms with E-state index in [0.29, 0.717) is 18.3 Å². The fourth-order valence-electron chi connectivity index (χ4n) is 1.43. The highest BCUT2D eigenvalue weighted by Gasteiger charge is 2.07. The smallest absolute Gasteiger partial charge is 0.320 e. The number of amides is 2. The van der Waals surface area contributed by atoms with Crippen molar-refractivity contribution in [3.8, 4) is 0 Å². The van der Waals surface area contributed by atoms with Gasteiger partial charge in [-0.15, -0.1) is 0 Å². The van der Waals surface area contributed by atoms with E-state index >= 15 is 0 Å². The van der Waals surface area contributed by atoms with Gasteiger partial charge in [-0.3, -0.25) is 10.4 Å². The minimum absolute atomic E-state index is 0.192. The molecule has 5 nitrogen and oxygen atoms in total. The second-order valence-corrected chi connectivity index (χ2v) is 4.45. The highest BCUT2D eigenvalue weighted by atomic mass is 16.2. The molecule has 0 atom stereocenters. The zero-order valence-electron chi connectivity index (χ0n) is 10.8. The number of hydrogen-bond acceptors (Lipinski definition) is 2. The average molecular weight is 238 g/mol. The molecule has 17 heavy (non-hydrogen) atoms. The van der Waals surface area contributed by atoms with Gasteiger partial charge in [-0.25, -0.2) is 4.79 Å². The molecule has 0 fully saturated rings. The van der Waals surface area contributed by atoms with Crippen LogP contribution in [0, 0.1) is 0 Å². The number of nitrogens with one attached hydrogen (secondary N) is 3. The number of carbonyl (C=O) groups excluding carboxylic acids is 1. The lowest BCUT2D eigenvalue weighted by Crippen LogP contribution is -2.29. The third-order valence-corrected chi connectivity index (χ3v) is 2.53. The third kappa shape index (κ3) is 4.89. The van der Waals surface area contributed by atoms with Gasteiger partial charge in [0.1, 0.15) is 0 Å². The Kier molecular flexibility index (Phi) is 5.52. The number of rotatable bonds is 6. The highest BCUT2D eigenvalue weighted by molar-refractivity contribution is 5.88. The van der Waals surface area contributed by atoms with Crippen LogP contribution in [0.5, 0.6) is 0 Å². The van der Waals surface area contributed by atoms with Crippen LogP contribution in [0.2, 0.25) is 0 Å². The Labute approximate surface area is 102 Å². The van der Waals surface area contributed by atoms with Crippen molar-refractivity contribution in [3.63, 3.8) is 0 Å². The molecular weight excluding hydrogens is 216 g/mol. The Balaban J connectivity index is 2.29. The van der Waals surface area contributed by atoms with Crippen LogP contribution >= 0.6 is 0 Å². The summed E-state index contributed by atoms with van der Waals surface area (Å²) in [6, 6.07) is 1.67. The molecule has 0 unspecified atom stereocenters. The maximum atomic E-state index is 11.5. The predicted molar refractivity (Wildman–Crippen MR) is 69.2 cm³/mol. The van der Waals surface area contributed by atoms with E-state index in [1.54, 1.807) is 0 Å². The van der Waals surface area contributed by atoms with Gasteiger partial charge in [-0.2, -0.15) is 5.10 Å². The normalized spacial score (nSPS) is 10.6. The molecule has 0 saturated heterocycles. The number of H-pyrrole nitrogens is 1. The molecule has 2 amide bonds. The summed E-state index contributed by atoms with van der Waals surface area (Å²) in [4.78, 5) is 11.5. The summed E-state index contributed by atoms with van der Waals surface area (Å²) >= 11 is 0. The van der Waals surface area contributed by atoms with Crippen molar-refractivity contribution < 1.29 is 4.79 Å². The van der Waals surface area contributed by atoms with Gasteiger partial charge in [-0.05, 0) is 12.3 Å². The van der Waals surface area contributed by atoms with E-state index in [4.69, 9.17) is 0 Å². The topological polar surface area (TPSA) is 69.8 Å². The van der Waals surface area contributed by atoms with E-state index in [-0.39, 0.29) is 6.03 Å². The van der Waals surface area contributed by atoms with E-state index in [1.807, 2.05) is 6.07 Å². The number of urea groups is 1. The molecule has 1 heterocycles. The summed E-state index contributed by atoms with van der Waals surface area (Å²) in [6.07, 6.45) is 3.31. The van der Waals surface area contributed by atoms with Crippen LogP contribution in [-0.2, 0) is 0 Å². The molecule has 5 heteroatoms. The van der Waals surface area contributed by atoms with Gasteiger partial charge in [0, 0.05) is 18.3 Å². The highest BCUT2D eigenvalue weighted by Crippen LogP contribution is 2.14. The molecule has 0 aliphatic rings. The SMILES string of the molecule is CCCCCNC(=O)Nc1cc(C(C)C)[nH]n1. The minimum atomic E-state index is -0.192. The first-order valence-corrected chi connectivity index (χ1v) is 6.23. The molecule has 0 saturated carbocycles. The number of unbranched alkanes of at least 4 members (excludes halogenated alkanes) is 2. The van der Waals surface area contributed by atoms with Gasteiger partial charge < -0.3 is 5.32 Å². The molecule has 1 aromatic heterocycles. The van der Waals surface area contributed by atoms with E-state index in [1.165, 1.54) is 0 Å². The molecular formula is C12H22N4O. The fraction of sp³-hybridized carbons (Fsp3) is 0.667. The lowest BCUT2D eigenvalue weighted by Gasteiger charge is -2.04. The Morgan fingerprint density at radius 2 is 2.24 bits per heavy atom. The quantitative estimate of drug-likeness (QED) is 0.667. The van der Waals surface area contributed by atoms with Crippen molar-refractivity contribution in [1.82, 2.24) is 15.5 Å².